The van der Waals surface area contributed by atoms with Crippen LogP contribution in [0.4, 0.5) is 4.79 Å². The first kappa shape index (κ1) is 7.82. The number of hydrogen-bond acceptors (Lipinski definition) is 1. The fourth-order valence-corrected chi connectivity index (χ4v) is 1.23. The number of likely N-dealkylation sites (N-methyl/N-ethyl adjacent to an activating group) is 1. The van der Waals surface area contributed by atoms with Crippen LogP contribution in [0.15, 0.2) is 0 Å². The highest BCUT2D eigenvalue weighted by atomic mass is 35.5. The number of carbonyl (C=O) groups is 1. The van der Waals surface area contributed by atoms with E-state index in [4.69, 9.17) is 11.6 Å². The van der Waals surface area contributed by atoms with Crippen molar-refractivity contribution >= 4 is 17.0 Å². The van der Waals surface area contributed by atoms with E-state index in [-0.39, 0.29) is 5.37 Å². The van der Waals surface area contributed by atoms with E-state index in [2.05, 4.69) is 7.05 Å². The van der Waals surface area contributed by atoms with Gasteiger partial charge in [0, 0.05) is 0 Å². The standard InChI is InChI=1S/C6H11ClN2O/c1-8-2-4-9(5-3-8)6(7)10/h2-5H2,1H3/p+1. The number of nitrogens with zero attached hydrogens (tertiary/aromatic N) is 1. The Morgan fingerprint density at radius 2 is 2.00 bits per heavy atom. The average Bonchev–Trinajstić information content (AvgIpc) is 1.88. The largest absolute Gasteiger partial charge is 0.334 e. The first-order chi connectivity index (χ1) is 4.70. The summed E-state index contributed by atoms with van der Waals surface area (Å²) in [7, 11) is 2.12. The molecule has 4 heteroatoms. The van der Waals surface area contributed by atoms with Crippen LogP contribution in [0.5, 0.6) is 0 Å². The molecule has 0 aromatic carbocycles. The Morgan fingerprint density at radius 3 is 2.40 bits per heavy atom. The number of quaternary nitrogens is 1. The average molecular weight is 164 g/mol. The number of carbonyl (C=O) groups excluding carboxylic acids is 1. The molecule has 0 radical (unpaired) electrons. The van der Waals surface area contributed by atoms with Gasteiger partial charge in [-0.15, -0.1) is 0 Å². The minimum Gasteiger partial charge on any atom is -0.334 e. The molecule has 1 heterocycles. The van der Waals surface area contributed by atoms with Crippen LogP contribution in [-0.4, -0.2) is 43.5 Å². The van der Waals surface area contributed by atoms with Crippen molar-refractivity contribution in [1.82, 2.24) is 4.90 Å². The highest BCUT2D eigenvalue weighted by Gasteiger charge is 2.18. The maximum Gasteiger partial charge on any atom is 0.316 e. The molecular formula is C6H12ClN2O+. The van der Waals surface area contributed by atoms with Gasteiger partial charge in [-0.3, -0.25) is 4.79 Å². The normalized spacial score (nSPS) is 21.2. The number of halogens is 1. The van der Waals surface area contributed by atoms with Crippen LogP contribution < -0.4 is 4.90 Å². The van der Waals surface area contributed by atoms with Crippen molar-refractivity contribution in [2.24, 2.45) is 0 Å². The summed E-state index contributed by atoms with van der Waals surface area (Å²) in [5, 5.41) is -0.312. The smallest absolute Gasteiger partial charge is 0.316 e. The Bertz CT molecular complexity index is 132. The summed E-state index contributed by atoms with van der Waals surface area (Å²) >= 11 is 5.28. The Morgan fingerprint density at radius 1 is 1.50 bits per heavy atom. The van der Waals surface area contributed by atoms with Crippen molar-refractivity contribution in [1.29, 1.82) is 0 Å². The first-order valence-corrected chi connectivity index (χ1v) is 3.83. The van der Waals surface area contributed by atoms with Crippen LogP contribution in [0.2, 0.25) is 0 Å². The molecule has 10 heavy (non-hydrogen) atoms. The molecule has 0 bridgehead atoms. The van der Waals surface area contributed by atoms with Crippen LogP contribution in [0.25, 0.3) is 0 Å². The lowest BCUT2D eigenvalue weighted by Gasteiger charge is -2.28. The Hall–Kier alpha value is -0.280. The van der Waals surface area contributed by atoms with Gasteiger partial charge >= 0.3 is 5.37 Å². The summed E-state index contributed by atoms with van der Waals surface area (Å²) in [4.78, 5) is 13.7. The van der Waals surface area contributed by atoms with E-state index in [0.29, 0.717) is 0 Å². The highest BCUT2D eigenvalue weighted by molar-refractivity contribution is 6.62. The first-order valence-electron chi connectivity index (χ1n) is 3.46. The second-order valence-corrected chi connectivity index (χ2v) is 3.02. The molecule has 58 valence electrons. The maximum absolute atomic E-state index is 10.6. The van der Waals surface area contributed by atoms with Gasteiger partial charge in [-0.1, -0.05) is 0 Å². The van der Waals surface area contributed by atoms with Crippen molar-refractivity contribution in [2.45, 2.75) is 0 Å². The van der Waals surface area contributed by atoms with Crippen LogP contribution in [0, 0.1) is 0 Å². The Balaban J connectivity index is 2.33. The minimum absolute atomic E-state index is 0.312. The molecule has 1 rings (SSSR count). The van der Waals surface area contributed by atoms with Crippen molar-refractivity contribution in [3.05, 3.63) is 0 Å². The van der Waals surface area contributed by atoms with E-state index in [1.54, 1.807) is 4.90 Å². The lowest BCUT2D eigenvalue weighted by atomic mass is 10.4. The van der Waals surface area contributed by atoms with Crippen LogP contribution in [-0.2, 0) is 0 Å². The van der Waals surface area contributed by atoms with E-state index in [1.165, 1.54) is 4.90 Å². The molecule has 0 unspecified atom stereocenters. The van der Waals surface area contributed by atoms with Gasteiger partial charge in [-0.25, -0.2) is 0 Å². The molecule has 0 saturated carbocycles. The second kappa shape index (κ2) is 3.21. The van der Waals surface area contributed by atoms with Crippen LogP contribution in [0.1, 0.15) is 0 Å². The zero-order chi connectivity index (χ0) is 7.56. The summed E-state index contributed by atoms with van der Waals surface area (Å²) in [6, 6.07) is 0. The highest BCUT2D eigenvalue weighted by Crippen LogP contribution is 1.95. The van der Waals surface area contributed by atoms with E-state index in [9.17, 15) is 4.79 Å². The third-order valence-electron chi connectivity index (χ3n) is 1.87. The number of nitrogens with one attached hydrogen (secondary N) is 1. The third-order valence-corrected chi connectivity index (χ3v) is 2.10. The molecule has 0 aromatic heterocycles. The van der Waals surface area contributed by atoms with Crippen molar-refractivity contribution in [2.75, 3.05) is 33.2 Å². The zero-order valence-electron chi connectivity index (χ0n) is 6.06. The molecule has 1 fully saturated rings. The molecule has 0 atom stereocenters. The summed E-state index contributed by atoms with van der Waals surface area (Å²) in [6.45, 7) is 3.62. The molecule has 1 saturated heterocycles. The van der Waals surface area contributed by atoms with E-state index >= 15 is 0 Å². The summed E-state index contributed by atoms with van der Waals surface area (Å²) < 4.78 is 0. The van der Waals surface area contributed by atoms with Gasteiger partial charge in [0.2, 0.25) is 0 Å². The molecule has 0 aliphatic carbocycles. The Labute approximate surface area is 65.5 Å². The lowest BCUT2D eigenvalue weighted by Crippen LogP contribution is -3.12. The van der Waals surface area contributed by atoms with Gasteiger partial charge in [0.15, 0.2) is 0 Å². The summed E-state index contributed by atoms with van der Waals surface area (Å²) in [5.74, 6) is 0. The van der Waals surface area contributed by atoms with Gasteiger partial charge in [0.05, 0.1) is 33.2 Å². The van der Waals surface area contributed by atoms with Crippen molar-refractivity contribution in [3.8, 4) is 0 Å². The Kier molecular flexibility index (Phi) is 2.51. The number of rotatable bonds is 0. The van der Waals surface area contributed by atoms with E-state index in [0.717, 1.165) is 26.2 Å². The topological polar surface area (TPSA) is 24.8 Å². The zero-order valence-corrected chi connectivity index (χ0v) is 6.82. The van der Waals surface area contributed by atoms with Gasteiger partial charge < -0.3 is 9.80 Å². The third kappa shape index (κ3) is 1.85. The molecular weight excluding hydrogens is 152 g/mol. The molecule has 1 N–H and O–H groups in total. The second-order valence-electron chi connectivity index (χ2n) is 2.70. The van der Waals surface area contributed by atoms with Crippen LogP contribution in [0.3, 0.4) is 0 Å². The quantitative estimate of drug-likeness (QED) is 0.366. The molecule has 0 aromatic rings. The van der Waals surface area contributed by atoms with E-state index < -0.39 is 0 Å². The van der Waals surface area contributed by atoms with Gasteiger partial charge in [0.1, 0.15) is 0 Å². The molecule has 1 aliphatic rings. The molecule has 1 amide bonds. The molecule has 3 nitrogen and oxygen atoms in total. The maximum atomic E-state index is 10.6. The predicted octanol–water partition coefficient (Wildman–Crippen LogP) is -0.824. The lowest BCUT2D eigenvalue weighted by molar-refractivity contribution is -0.883. The SMILES string of the molecule is C[NH+]1CCN(C(=O)Cl)CC1. The summed E-state index contributed by atoms with van der Waals surface area (Å²) in [5.41, 5.74) is 0. The van der Waals surface area contributed by atoms with Crippen molar-refractivity contribution < 1.29 is 9.69 Å². The number of hydrogen-bond donors (Lipinski definition) is 1. The fourth-order valence-electron chi connectivity index (χ4n) is 1.06. The van der Waals surface area contributed by atoms with Gasteiger partial charge in [-0.2, -0.15) is 0 Å². The fraction of sp³-hybridized carbons (Fsp3) is 0.833. The summed E-state index contributed by atoms with van der Waals surface area (Å²) in [6.07, 6.45) is 0. The number of piperazine rings is 1. The predicted molar refractivity (Wildman–Crippen MR) is 39.4 cm³/mol. The molecule has 1 aliphatic heterocycles. The monoisotopic (exact) mass is 163 g/mol. The van der Waals surface area contributed by atoms with E-state index in [1.807, 2.05) is 0 Å². The minimum atomic E-state index is -0.312. The molecule has 0 spiro atoms. The van der Waals surface area contributed by atoms with Crippen LogP contribution >= 0.6 is 11.6 Å². The number of amides is 1. The van der Waals surface area contributed by atoms with Gasteiger partial charge in [-0.05, 0) is 11.6 Å². The van der Waals surface area contributed by atoms with Crippen molar-refractivity contribution in [3.63, 3.8) is 0 Å². The van der Waals surface area contributed by atoms with Gasteiger partial charge in [0.25, 0.3) is 0 Å².